The summed E-state index contributed by atoms with van der Waals surface area (Å²) in [6, 6.07) is 15.1. The van der Waals surface area contributed by atoms with Crippen molar-refractivity contribution >= 4 is 46.8 Å². The molecule has 0 aliphatic rings. The van der Waals surface area contributed by atoms with E-state index < -0.39 is 6.04 Å². The number of nitrogens with zero attached hydrogens (tertiary/aromatic N) is 1. The molecule has 0 aromatic heterocycles. The Morgan fingerprint density at radius 1 is 1.03 bits per heavy atom. The minimum atomic E-state index is -0.464. The number of hydrogen-bond acceptors (Lipinski definition) is 3. The van der Waals surface area contributed by atoms with Gasteiger partial charge in [0, 0.05) is 18.8 Å². The van der Waals surface area contributed by atoms with E-state index in [2.05, 4.69) is 12.2 Å². The van der Waals surface area contributed by atoms with Gasteiger partial charge in [-0.05, 0) is 42.5 Å². The lowest BCUT2D eigenvalue weighted by Gasteiger charge is -2.30. The summed E-state index contributed by atoms with van der Waals surface area (Å²) in [7, 11) is 0. The molecular formula is C25H32Cl2N2O2S. The monoisotopic (exact) mass is 494 g/mol. The molecule has 0 unspecified atom stereocenters. The van der Waals surface area contributed by atoms with Crippen LogP contribution in [0.5, 0.6) is 0 Å². The first-order valence-electron chi connectivity index (χ1n) is 11.1. The maximum Gasteiger partial charge on any atom is 0.242 e. The molecule has 2 aromatic rings. The molecule has 0 radical (unpaired) electrons. The quantitative estimate of drug-likeness (QED) is 0.347. The van der Waals surface area contributed by atoms with Gasteiger partial charge in [0.15, 0.2) is 0 Å². The van der Waals surface area contributed by atoms with E-state index >= 15 is 0 Å². The molecule has 2 amide bonds. The average molecular weight is 496 g/mol. The molecule has 7 heteroatoms. The highest BCUT2D eigenvalue weighted by molar-refractivity contribution is 7.99. The van der Waals surface area contributed by atoms with Crippen LogP contribution in [-0.4, -0.2) is 41.6 Å². The Hall–Kier alpha value is -1.69. The molecule has 0 fully saturated rings. The van der Waals surface area contributed by atoms with Gasteiger partial charge in [-0.2, -0.15) is 0 Å². The summed E-state index contributed by atoms with van der Waals surface area (Å²) in [6.07, 6.45) is 3.23. The van der Waals surface area contributed by atoms with E-state index in [0.717, 1.165) is 24.0 Å². The smallest absolute Gasteiger partial charge is 0.242 e. The first-order valence-corrected chi connectivity index (χ1v) is 13.0. The van der Waals surface area contributed by atoms with E-state index in [4.69, 9.17) is 23.2 Å². The predicted octanol–water partition coefficient (Wildman–Crippen LogP) is 5.99. The Balaban J connectivity index is 2.04. The molecular weight excluding hydrogens is 463 g/mol. The van der Waals surface area contributed by atoms with Gasteiger partial charge in [0.2, 0.25) is 11.8 Å². The number of amides is 2. The number of halogens is 2. The van der Waals surface area contributed by atoms with Crippen molar-refractivity contribution in [2.24, 2.45) is 0 Å². The van der Waals surface area contributed by atoms with Crippen LogP contribution in [0.4, 0.5) is 0 Å². The maximum atomic E-state index is 13.2. The number of rotatable bonds is 13. The summed E-state index contributed by atoms with van der Waals surface area (Å²) in [5.41, 5.74) is 2.16. The maximum absolute atomic E-state index is 13.2. The third kappa shape index (κ3) is 8.68. The largest absolute Gasteiger partial charge is 0.354 e. The van der Waals surface area contributed by atoms with Gasteiger partial charge in [-0.1, -0.05) is 79.9 Å². The highest BCUT2D eigenvalue weighted by atomic mass is 35.5. The van der Waals surface area contributed by atoms with Crippen LogP contribution in [0.25, 0.3) is 0 Å². The molecule has 1 N–H and O–H groups in total. The summed E-state index contributed by atoms with van der Waals surface area (Å²) in [5.74, 6) is 0.850. The number of carbonyl (C=O) groups is 2. The van der Waals surface area contributed by atoms with E-state index in [1.54, 1.807) is 11.0 Å². The number of thioether (sulfide) groups is 1. The van der Waals surface area contributed by atoms with Crippen LogP contribution < -0.4 is 5.32 Å². The van der Waals surface area contributed by atoms with Gasteiger partial charge < -0.3 is 10.2 Å². The fraction of sp³-hybridized carbons (Fsp3) is 0.440. The van der Waals surface area contributed by atoms with Crippen molar-refractivity contribution in [3.63, 3.8) is 0 Å². The summed E-state index contributed by atoms with van der Waals surface area (Å²) < 4.78 is 0. The van der Waals surface area contributed by atoms with Gasteiger partial charge in [-0.25, -0.2) is 0 Å². The lowest BCUT2D eigenvalue weighted by molar-refractivity contribution is -0.138. The number of nitrogens with one attached hydrogen (secondary N) is 1. The first kappa shape index (κ1) is 26.6. The molecule has 0 spiro atoms. The summed E-state index contributed by atoms with van der Waals surface area (Å²) in [4.78, 5) is 27.8. The van der Waals surface area contributed by atoms with E-state index in [9.17, 15) is 9.59 Å². The Kier molecular flexibility index (Phi) is 12.0. The van der Waals surface area contributed by atoms with Crippen molar-refractivity contribution in [3.05, 3.63) is 69.7 Å². The molecule has 174 valence electrons. The van der Waals surface area contributed by atoms with Crippen LogP contribution in [0.15, 0.2) is 48.5 Å². The summed E-state index contributed by atoms with van der Waals surface area (Å²) in [5, 5.41) is 4.02. The molecule has 32 heavy (non-hydrogen) atoms. The predicted molar refractivity (Wildman–Crippen MR) is 136 cm³/mol. The van der Waals surface area contributed by atoms with Crippen LogP contribution in [0.2, 0.25) is 10.0 Å². The van der Waals surface area contributed by atoms with E-state index in [0.29, 0.717) is 47.5 Å². The van der Waals surface area contributed by atoms with Gasteiger partial charge in [0.25, 0.3) is 0 Å². The summed E-state index contributed by atoms with van der Waals surface area (Å²) >= 11 is 13.6. The van der Waals surface area contributed by atoms with Crippen molar-refractivity contribution in [3.8, 4) is 0 Å². The fourth-order valence-corrected chi connectivity index (χ4v) is 4.55. The lowest BCUT2D eigenvalue weighted by Crippen LogP contribution is -2.50. The standard InChI is InChI=1S/C25H32Cl2N2O2S/c1-3-5-14-28-25(31)23(4-2)29(15-13-19-9-7-6-8-10-19)24(30)18-32-17-20-11-12-21(26)22(27)16-20/h6-12,16,23H,3-5,13-15,17-18H2,1-2H3,(H,28,31)/t23-/m0/s1. The number of carbonyl (C=O) groups excluding carboxylic acids is 2. The molecule has 2 aromatic carbocycles. The topological polar surface area (TPSA) is 49.4 Å². The third-order valence-corrected chi connectivity index (χ3v) is 6.91. The van der Waals surface area contributed by atoms with Crippen molar-refractivity contribution in [1.29, 1.82) is 0 Å². The SMILES string of the molecule is CCCCNC(=O)[C@H](CC)N(CCc1ccccc1)C(=O)CSCc1ccc(Cl)c(Cl)c1. The number of unbranched alkanes of at least 4 members (excludes halogenated alkanes) is 1. The zero-order valence-corrected chi connectivity index (χ0v) is 21.1. The van der Waals surface area contributed by atoms with Crippen molar-refractivity contribution in [1.82, 2.24) is 10.2 Å². The van der Waals surface area contributed by atoms with Gasteiger partial charge in [0.05, 0.1) is 15.8 Å². The van der Waals surface area contributed by atoms with Crippen LogP contribution in [0, 0.1) is 0 Å². The third-order valence-electron chi connectivity index (χ3n) is 5.18. The summed E-state index contributed by atoms with van der Waals surface area (Å²) in [6.45, 7) is 5.19. The second-order valence-corrected chi connectivity index (χ2v) is 9.43. The molecule has 0 aliphatic heterocycles. The van der Waals surface area contributed by atoms with E-state index in [1.165, 1.54) is 11.8 Å². The second kappa shape index (κ2) is 14.5. The molecule has 4 nitrogen and oxygen atoms in total. The molecule has 0 heterocycles. The lowest BCUT2D eigenvalue weighted by atomic mass is 10.1. The first-order chi connectivity index (χ1) is 15.5. The highest BCUT2D eigenvalue weighted by Crippen LogP contribution is 2.25. The van der Waals surface area contributed by atoms with Gasteiger partial charge in [0.1, 0.15) is 6.04 Å². The van der Waals surface area contributed by atoms with Gasteiger partial charge in [-0.15, -0.1) is 11.8 Å². The van der Waals surface area contributed by atoms with Crippen LogP contribution in [0.1, 0.15) is 44.2 Å². The van der Waals surface area contributed by atoms with Crippen molar-refractivity contribution in [2.45, 2.75) is 51.3 Å². The van der Waals surface area contributed by atoms with Gasteiger partial charge in [-0.3, -0.25) is 9.59 Å². The zero-order chi connectivity index (χ0) is 23.3. The minimum Gasteiger partial charge on any atom is -0.354 e. The van der Waals surface area contributed by atoms with Gasteiger partial charge >= 0.3 is 0 Å². The molecule has 0 saturated carbocycles. The Bertz CT molecular complexity index is 864. The zero-order valence-electron chi connectivity index (χ0n) is 18.8. The molecule has 2 rings (SSSR count). The molecule has 0 aliphatic carbocycles. The van der Waals surface area contributed by atoms with E-state index in [1.807, 2.05) is 49.4 Å². The molecule has 1 atom stereocenters. The minimum absolute atomic E-state index is 0.0246. The average Bonchev–Trinajstić information content (AvgIpc) is 2.79. The molecule has 0 saturated heterocycles. The normalized spacial score (nSPS) is 11.8. The van der Waals surface area contributed by atoms with Crippen LogP contribution in [-0.2, 0) is 21.8 Å². The van der Waals surface area contributed by atoms with Crippen LogP contribution >= 0.6 is 35.0 Å². The van der Waals surface area contributed by atoms with E-state index in [-0.39, 0.29) is 11.8 Å². The Morgan fingerprint density at radius 3 is 2.44 bits per heavy atom. The van der Waals surface area contributed by atoms with Crippen molar-refractivity contribution in [2.75, 3.05) is 18.8 Å². The Labute approximate surface area is 206 Å². The Morgan fingerprint density at radius 2 is 1.78 bits per heavy atom. The second-order valence-electron chi connectivity index (χ2n) is 7.63. The number of hydrogen-bond donors (Lipinski definition) is 1. The van der Waals surface area contributed by atoms with Crippen molar-refractivity contribution < 1.29 is 9.59 Å². The fourth-order valence-electron chi connectivity index (χ4n) is 3.37. The van der Waals surface area contributed by atoms with Crippen LogP contribution in [0.3, 0.4) is 0 Å². The molecule has 0 bridgehead atoms. The highest BCUT2D eigenvalue weighted by Gasteiger charge is 2.27. The number of benzene rings is 2.